The molecule has 0 spiro atoms. The van der Waals surface area contributed by atoms with Crippen LogP contribution in [0.2, 0.25) is 0 Å². The number of rotatable bonds is 2. The number of imide groups is 1. The van der Waals surface area contributed by atoms with E-state index in [4.69, 9.17) is 0 Å². The Morgan fingerprint density at radius 1 is 1.00 bits per heavy atom. The van der Waals surface area contributed by atoms with Crippen LogP contribution in [0.3, 0.4) is 0 Å². The van der Waals surface area contributed by atoms with Crippen molar-refractivity contribution in [2.24, 2.45) is 23.7 Å². The van der Waals surface area contributed by atoms with Crippen LogP contribution in [0, 0.1) is 23.7 Å². The predicted molar refractivity (Wildman–Crippen MR) is 83.0 cm³/mol. The van der Waals surface area contributed by atoms with Crippen molar-refractivity contribution in [3.8, 4) is 0 Å². The summed E-state index contributed by atoms with van der Waals surface area (Å²) in [6.07, 6.45) is 9.41. The first-order chi connectivity index (χ1) is 11.2. The lowest BCUT2D eigenvalue weighted by Crippen LogP contribution is -2.48. The predicted octanol–water partition coefficient (Wildman–Crippen LogP) is 1.34. The van der Waals surface area contributed by atoms with Crippen LogP contribution in [-0.4, -0.2) is 47.4 Å². The van der Waals surface area contributed by atoms with Crippen LogP contribution >= 0.6 is 0 Å². The smallest absolute Gasteiger partial charge is 0.318 e. The molecule has 3 fully saturated rings. The zero-order valence-corrected chi connectivity index (χ0v) is 13.2. The number of piperidine rings is 1. The summed E-state index contributed by atoms with van der Waals surface area (Å²) in [7, 11) is 0. The maximum Gasteiger partial charge on any atom is 0.318 e. The molecule has 5 rings (SSSR count). The van der Waals surface area contributed by atoms with Gasteiger partial charge in [0, 0.05) is 13.1 Å². The second kappa shape index (κ2) is 5.65. The monoisotopic (exact) mass is 317 g/mol. The number of hydrogen-bond donors (Lipinski definition) is 1. The van der Waals surface area contributed by atoms with Crippen molar-refractivity contribution in [1.29, 1.82) is 0 Å². The highest BCUT2D eigenvalue weighted by atomic mass is 16.2. The maximum absolute atomic E-state index is 12.6. The normalized spacial score (nSPS) is 35.7. The Morgan fingerprint density at radius 3 is 2.09 bits per heavy atom. The Hall–Kier alpha value is -1.85. The summed E-state index contributed by atoms with van der Waals surface area (Å²) in [6.45, 7) is 1.53. The summed E-state index contributed by atoms with van der Waals surface area (Å²) < 4.78 is 0. The molecule has 0 radical (unpaired) electrons. The van der Waals surface area contributed by atoms with Crippen LogP contribution in [0.25, 0.3) is 0 Å². The number of nitrogens with zero attached hydrogens (tertiary/aromatic N) is 2. The van der Waals surface area contributed by atoms with Gasteiger partial charge >= 0.3 is 6.03 Å². The van der Waals surface area contributed by atoms with E-state index < -0.39 is 0 Å². The average Bonchev–Trinajstić information content (AvgIpc) is 2.88. The van der Waals surface area contributed by atoms with Gasteiger partial charge in [-0.3, -0.25) is 14.5 Å². The van der Waals surface area contributed by atoms with Crippen molar-refractivity contribution in [3.05, 3.63) is 12.2 Å². The Bertz CT molecular complexity index is 535. The Labute approximate surface area is 135 Å². The molecule has 2 aliphatic heterocycles. The third-order valence-corrected chi connectivity index (χ3v) is 5.88. The molecule has 0 unspecified atom stereocenters. The molecule has 4 amide bonds. The summed E-state index contributed by atoms with van der Waals surface area (Å²) in [5.74, 6) is -0.194. The summed E-state index contributed by atoms with van der Waals surface area (Å²) in [5, 5.41) is 2.77. The van der Waals surface area contributed by atoms with Crippen LogP contribution in [-0.2, 0) is 9.59 Å². The number of urea groups is 1. The second-order valence-electron chi connectivity index (χ2n) is 7.13. The molecule has 5 aliphatic rings. The van der Waals surface area contributed by atoms with Gasteiger partial charge in [-0.15, -0.1) is 0 Å². The first-order valence-corrected chi connectivity index (χ1v) is 8.73. The van der Waals surface area contributed by atoms with E-state index in [0.29, 0.717) is 0 Å². The van der Waals surface area contributed by atoms with E-state index in [2.05, 4.69) is 17.5 Å². The van der Waals surface area contributed by atoms with Crippen LogP contribution < -0.4 is 5.32 Å². The zero-order valence-electron chi connectivity index (χ0n) is 13.2. The summed E-state index contributed by atoms with van der Waals surface area (Å²) in [5.41, 5.74) is 0. The van der Waals surface area contributed by atoms with E-state index in [1.54, 1.807) is 4.90 Å². The second-order valence-corrected chi connectivity index (χ2v) is 7.13. The highest BCUT2D eigenvalue weighted by molar-refractivity contribution is 6.06. The van der Waals surface area contributed by atoms with Gasteiger partial charge in [-0.25, -0.2) is 4.79 Å². The lowest BCUT2D eigenvalue weighted by molar-refractivity contribution is -0.140. The highest BCUT2D eigenvalue weighted by Gasteiger charge is 2.56. The molecule has 124 valence electrons. The minimum atomic E-state index is -0.196. The molecule has 1 saturated carbocycles. The van der Waals surface area contributed by atoms with Crippen molar-refractivity contribution < 1.29 is 14.4 Å². The third-order valence-electron chi connectivity index (χ3n) is 5.88. The van der Waals surface area contributed by atoms with E-state index >= 15 is 0 Å². The first-order valence-electron chi connectivity index (χ1n) is 8.73. The Kier molecular flexibility index (Phi) is 3.62. The van der Waals surface area contributed by atoms with Crippen molar-refractivity contribution >= 4 is 17.8 Å². The number of fused-ring (bicyclic) bond motifs is 1. The van der Waals surface area contributed by atoms with Crippen molar-refractivity contribution in [2.45, 2.75) is 32.1 Å². The molecule has 6 heteroatoms. The van der Waals surface area contributed by atoms with Gasteiger partial charge in [0.1, 0.15) is 6.67 Å². The molecule has 23 heavy (non-hydrogen) atoms. The average molecular weight is 317 g/mol. The number of nitrogens with one attached hydrogen (secondary N) is 1. The van der Waals surface area contributed by atoms with Gasteiger partial charge < -0.3 is 10.2 Å². The number of likely N-dealkylation sites (tertiary alicyclic amines) is 2. The summed E-state index contributed by atoms with van der Waals surface area (Å²) in [6, 6.07) is -0.165. The molecule has 6 nitrogen and oxygen atoms in total. The van der Waals surface area contributed by atoms with Gasteiger partial charge in [0.2, 0.25) is 11.8 Å². The number of allylic oxidation sites excluding steroid dienone is 2. The van der Waals surface area contributed by atoms with Gasteiger partial charge in [0.25, 0.3) is 0 Å². The fourth-order valence-corrected chi connectivity index (χ4v) is 4.65. The minimum Gasteiger partial charge on any atom is -0.325 e. The van der Waals surface area contributed by atoms with E-state index in [1.165, 1.54) is 4.90 Å². The fraction of sp³-hybridized carbons (Fsp3) is 0.706. The van der Waals surface area contributed by atoms with Gasteiger partial charge in [-0.1, -0.05) is 12.2 Å². The largest absolute Gasteiger partial charge is 0.325 e. The van der Waals surface area contributed by atoms with E-state index in [9.17, 15) is 14.4 Å². The van der Waals surface area contributed by atoms with E-state index in [1.807, 2.05) is 0 Å². The SMILES string of the molecule is O=C(NCN1C(=O)[C@@H]2[C@H](C1=O)[C@H]1C=C[C@H]2CC1)N1CCCCC1. The topological polar surface area (TPSA) is 69.7 Å². The van der Waals surface area contributed by atoms with E-state index in [-0.39, 0.29) is 48.2 Å². The van der Waals surface area contributed by atoms with Crippen LogP contribution in [0.5, 0.6) is 0 Å². The van der Waals surface area contributed by atoms with Crippen molar-refractivity contribution in [2.75, 3.05) is 19.8 Å². The molecule has 2 heterocycles. The molecule has 0 aromatic carbocycles. The standard InChI is InChI=1S/C17H23N3O3/c21-15-13-11-4-5-12(7-6-11)14(13)16(22)20(15)10-18-17(23)19-8-2-1-3-9-19/h4-5,11-14H,1-3,6-10H2,(H,18,23)/t11-,12-,13-,14+/m0/s1. The molecular weight excluding hydrogens is 294 g/mol. The highest BCUT2D eigenvalue weighted by Crippen LogP contribution is 2.49. The Balaban J connectivity index is 1.41. The molecule has 0 aromatic heterocycles. The van der Waals surface area contributed by atoms with Crippen LogP contribution in [0.15, 0.2) is 12.2 Å². The number of amides is 4. The maximum atomic E-state index is 12.6. The molecular formula is C17H23N3O3. The first kappa shape index (κ1) is 14.7. The van der Waals surface area contributed by atoms with Crippen molar-refractivity contribution in [1.82, 2.24) is 15.1 Å². The number of carbonyl (C=O) groups excluding carboxylic acids is 3. The Morgan fingerprint density at radius 2 is 1.57 bits per heavy atom. The number of carbonyl (C=O) groups is 3. The lowest BCUT2D eigenvalue weighted by Gasteiger charge is -2.38. The van der Waals surface area contributed by atoms with Gasteiger partial charge in [0.15, 0.2) is 0 Å². The molecule has 4 atom stereocenters. The summed E-state index contributed by atoms with van der Waals surface area (Å²) in [4.78, 5) is 40.5. The quantitative estimate of drug-likeness (QED) is 0.617. The van der Waals surface area contributed by atoms with Gasteiger partial charge in [0.05, 0.1) is 11.8 Å². The minimum absolute atomic E-state index is 0.0133. The fourth-order valence-electron chi connectivity index (χ4n) is 4.65. The zero-order chi connectivity index (χ0) is 16.0. The lowest BCUT2D eigenvalue weighted by atomic mass is 9.63. The van der Waals surface area contributed by atoms with Gasteiger partial charge in [-0.2, -0.15) is 0 Å². The van der Waals surface area contributed by atoms with Crippen LogP contribution in [0.4, 0.5) is 4.79 Å². The van der Waals surface area contributed by atoms with Gasteiger partial charge in [-0.05, 0) is 43.9 Å². The van der Waals surface area contributed by atoms with E-state index in [0.717, 1.165) is 45.2 Å². The molecule has 0 aromatic rings. The molecule has 2 saturated heterocycles. The third kappa shape index (κ3) is 2.35. The van der Waals surface area contributed by atoms with Crippen molar-refractivity contribution in [3.63, 3.8) is 0 Å². The molecule has 2 bridgehead atoms. The number of hydrogen-bond acceptors (Lipinski definition) is 3. The summed E-state index contributed by atoms with van der Waals surface area (Å²) >= 11 is 0. The van der Waals surface area contributed by atoms with Crippen LogP contribution in [0.1, 0.15) is 32.1 Å². The molecule has 1 N–H and O–H groups in total. The molecule has 3 aliphatic carbocycles.